The molecule has 0 spiro atoms. The van der Waals surface area contributed by atoms with E-state index < -0.39 is 12.1 Å². The number of alkyl halides is 3. The van der Waals surface area contributed by atoms with Crippen LogP contribution in [0.1, 0.15) is 58.8 Å². The highest BCUT2D eigenvalue weighted by Crippen LogP contribution is 2.37. The summed E-state index contributed by atoms with van der Waals surface area (Å²) in [6.45, 7) is 7.72. The summed E-state index contributed by atoms with van der Waals surface area (Å²) in [6.07, 6.45) is 1.34. The van der Waals surface area contributed by atoms with E-state index in [9.17, 15) is 13.2 Å². The lowest BCUT2D eigenvalue weighted by molar-refractivity contribution is -0.183. The van der Waals surface area contributed by atoms with Crippen LogP contribution >= 0.6 is 0 Å². The summed E-state index contributed by atoms with van der Waals surface area (Å²) in [5, 5.41) is 6.45. The normalized spacial score (nSPS) is 29.5. The molecule has 1 saturated heterocycles. The molecule has 0 aromatic heterocycles. The first kappa shape index (κ1) is 20.3. The van der Waals surface area contributed by atoms with Gasteiger partial charge in [-0.1, -0.05) is 19.8 Å². The van der Waals surface area contributed by atoms with Crippen molar-refractivity contribution < 1.29 is 13.2 Å². The third-order valence-electron chi connectivity index (χ3n) is 5.44. The smallest absolute Gasteiger partial charge is 0.357 e. The van der Waals surface area contributed by atoms with Crippen molar-refractivity contribution in [2.75, 3.05) is 26.2 Å². The fourth-order valence-electron chi connectivity index (χ4n) is 4.01. The van der Waals surface area contributed by atoms with Crippen LogP contribution in [0.5, 0.6) is 0 Å². The quantitative estimate of drug-likeness (QED) is 0.580. The van der Waals surface area contributed by atoms with Gasteiger partial charge < -0.3 is 10.6 Å². The summed E-state index contributed by atoms with van der Waals surface area (Å²) >= 11 is 0. The fourth-order valence-corrected chi connectivity index (χ4v) is 4.01. The summed E-state index contributed by atoms with van der Waals surface area (Å²) < 4.78 is 39.0. The van der Waals surface area contributed by atoms with Crippen LogP contribution in [0.25, 0.3) is 0 Å². The van der Waals surface area contributed by atoms with E-state index in [0.29, 0.717) is 31.5 Å². The third-order valence-corrected chi connectivity index (χ3v) is 5.44. The molecule has 3 unspecified atom stereocenters. The molecule has 146 valence electrons. The van der Waals surface area contributed by atoms with Crippen LogP contribution in [0, 0.1) is 5.92 Å². The second-order valence-corrected chi connectivity index (χ2v) is 7.24. The predicted molar refractivity (Wildman–Crippen MR) is 95.8 cm³/mol. The molecule has 0 aromatic rings. The maximum atomic E-state index is 13.0. The zero-order valence-electron chi connectivity index (χ0n) is 15.5. The Balaban J connectivity index is 1.92. The number of piperidine rings is 1. The van der Waals surface area contributed by atoms with Crippen LogP contribution in [0.15, 0.2) is 4.99 Å². The summed E-state index contributed by atoms with van der Waals surface area (Å²) in [5.41, 5.74) is 0. The Bertz CT molecular complexity index is 425. The molecule has 4 nitrogen and oxygen atoms in total. The van der Waals surface area contributed by atoms with Crippen LogP contribution in [-0.4, -0.2) is 55.3 Å². The van der Waals surface area contributed by atoms with Crippen molar-refractivity contribution in [1.82, 2.24) is 15.5 Å². The number of hydrogen-bond acceptors (Lipinski definition) is 2. The SMILES string of the molecule is CCNC(=NCC1CCCCN1CC)NC1CCCC(C(F)(F)F)C1. The van der Waals surface area contributed by atoms with E-state index in [-0.39, 0.29) is 18.9 Å². The number of guanidine groups is 1. The zero-order chi connectivity index (χ0) is 18.3. The summed E-state index contributed by atoms with van der Waals surface area (Å²) in [6, 6.07) is 0.301. The van der Waals surface area contributed by atoms with E-state index in [1.807, 2.05) is 6.92 Å². The van der Waals surface area contributed by atoms with Crippen molar-refractivity contribution in [2.45, 2.75) is 77.1 Å². The van der Waals surface area contributed by atoms with Gasteiger partial charge in [0.25, 0.3) is 0 Å². The number of hydrogen-bond donors (Lipinski definition) is 2. The van der Waals surface area contributed by atoms with E-state index in [0.717, 1.165) is 25.9 Å². The molecule has 25 heavy (non-hydrogen) atoms. The number of likely N-dealkylation sites (tertiary alicyclic amines) is 1. The topological polar surface area (TPSA) is 39.7 Å². The number of aliphatic imine (C=N–C) groups is 1. The molecular formula is C18H33F3N4. The molecule has 2 aliphatic rings. The molecule has 0 amide bonds. The van der Waals surface area contributed by atoms with Crippen molar-refractivity contribution in [1.29, 1.82) is 0 Å². The first-order valence-corrected chi connectivity index (χ1v) is 9.79. The van der Waals surface area contributed by atoms with Crippen LogP contribution in [0.3, 0.4) is 0 Å². The fraction of sp³-hybridized carbons (Fsp3) is 0.944. The number of rotatable bonds is 5. The molecule has 1 aliphatic carbocycles. The highest BCUT2D eigenvalue weighted by atomic mass is 19.4. The van der Waals surface area contributed by atoms with Gasteiger partial charge in [-0.15, -0.1) is 0 Å². The molecule has 2 N–H and O–H groups in total. The lowest BCUT2D eigenvalue weighted by Gasteiger charge is -2.34. The lowest BCUT2D eigenvalue weighted by atomic mass is 9.85. The van der Waals surface area contributed by atoms with Crippen molar-refractivity contribution >= 4 is 5.96 Å². The minimum Gasteiger partial charge on any atom is -0.357 e. The molecule has 3 atom stereocenters. The van der Waals surface area contributed by atoms with E-state index in [1.54, 1.807) is 0 Å². The summed E-state index contributed by atoms with van der Waals surface area (Å²) in [5.74, 6) is -0.521. The maximum Gasteiger partial charge on any atom is 0.391 e. The molecule has 7 heteroatoms. The number of halogens is 3. The van der Waals surface area contributed by atoms with Crippen LogP contribution in [0.2, 0.25) is 0 Å². The van der Waals surface area contributed by atoms with Gasteiger partial charge in [0, 0.05) is 18.6 Å². The van der Waals surface area contributed by atoms with Gasteiger partial charge in [-0.25, -0.2) is 0 Å². The molecule has 0 aromatic carbocycles. The first-order chi connectivity index (χ1) is 11.9. The van der Waals surface area contributed by atoms with Gasteiger partial charge in [0.2, 0.25) is 0 Å². The predicted octanol–water partition coefficient (Wildman–Crippen LogP) is 3.54. The molecule has 2 rings (SSSR count). The van der Waals surface area contributed by atoms with Gasteiger partial charge in [-0.3, -0.25) is 9.89 Å². The standard InChI is InChI=1S/C18H33F3N4/c1-3-22-17(23-13-16-10-5-6-11-25(16)4-2)24-15-9-7-8-14(12-15)18(19,20)21/h14-16H,3-13H2,1-2H3,(H2,22,23,24). The summed E-state index contributed by atoms with van der Waals surface area (Å²) in [7, 11) is 0. The van der Waals surface area contributed by atoms with Gasteiger partial charge in [0.1, 0.15) is 0 Å². The van der Waals surface area contributed by atoms with E-state index >= 15 is 0 Å². The molecule has 1 saturated carbocycles. The molecular weight excluding hydrogens is 329 g/mol. The van der Waals surface area contributed by atoms with E-state index in [2.05, 4.69) is 27.4 Å². The number of nitrogens with one attached hydrogen (secondary N) is 2. The number of likely N-dealkylation sites (N-methyl/N-ethyl adjacent to an activating group) is 1. The Labute approximate surface area is 149 Å². The molecule has 1 aliphatic heterocycles. The van der Waals surface area contributed by atoms with Crippen LogP contribution in [0.4, 0.5) is 13.2 Å². The maximum absolute atomic E-state index is 13.0. The number of nitrogens with zero attached hydrogens (tertiary/aromatic N) is 2. The Morgan fingerprint density at radius 1 is 1.12 bits per heavy atom. The molecule has 0 bridgehead atoms. The third kappa shape index (κ3) is 6.35. The molecule has 1 heterocycles. The Morgan fingerprint density at radius 2 is 1.92 bits per heavy atom. The first-order valence-electron chi connectivity index (χ1n) is 9.79. The minimum atomic E-state index is -4.08. The van der Waals surface area contributed by atoms with Crippen molar-refractivity contribution in [3.8, 4) is 0 Å². The van der Waals surface area contributed by atoms with Crippen molar-refractivity contribution in [2.24, 2.45) is 10.9 Å². The van der Waals surface area contributed by atoms with Gasteiger partial charge in [0.15, 0.2) is 5.96 Å². The van der Waals surface area contributed by atoms with Gasteiger partial charge >= 0.3 is 6.18 Å². The largest absolute Gasteiger partial charge is 0.391 e. The second-order valence-electron chi connectivity index (χ2n) is 7.24. The lowest BCUT2D eigenvalue weighted by Crippen LogP contribution is -2.48. The monoisotopic (exact) mass is 362 g/mol. The summed E-state index contributed by atoms with van der Waals surface area (Å²) in [4.78, 5) is 7.14. The average Bonchev–Trinajstić information content (AvgIpc) is 2.59. The van der Waals surface area contributed by atoms with Crippen LogP contribution < -0.4 is 10.6 Å². The Kier molecular flexibility index (Phi) is 7.84. The van der Waals surface area contributed by atoms with Crippen molar-refractivity contribution in [3.05, 3.63) is 0 Å². The molecule has 2 fully saturated rings. The van der Waals surface area contributed by atoms with E-state index in [1.165, 1.54) is 12.8 Å². The minimum absolute atomic E-state index is 0.146. The van der Waals surface area contributed by atoms with E-state index in [4.69, 9.17) is 0 Å². The van der Waals surface area contributed by atoms with Crippen LogP contribution in [-0.2, 0) is 0 Å². The zero-order valence-corrected chi connectivity index (χ0v) is 15.5. The van der Waals surface area contributed by atoms with Gasteiger partial charge in [-0.05, 0) is 52.1 Å². The van der Waals surface area contributed by atoms with Gasteiger partial charge in [-0.2, -0.15) is 13.2 Å². The van der Waals surface area contributed by atoms with Gasteiger partial charge in [0.05, 0.1) is 12.5 Å². The highest BCUT2D eigenvalue weighted by Gasteiger charge is 2.42. The average molecular weight is 362 g/mol. The Morgan fingerprint density at radius 3 is 2.60 bits per heavy atom. The highest BCUT2D eigenvalue weighted by molar-refractivity contribution is 5.80. The Hall–Kier alpha value is -0.980. The second kappa shape index (κ2) is 9.64. The molecule has 0 radical (unpaired) electrons. The van der Waals surface area contributed by atoms with Crippen molar-refractivity contribution in [3.63, 3.8) is 0 Å².